The van der Waals surface area contributed by atoms with Crippen molar-refractivity contribution in [2.45, 2.75) is 39.7 Å². The molecule has 2 N–H and O–H groups in total. The van der Waals surface area contributed by atoms with Gasteiger partial charge in [0.25, 0.3) is 0 Å². The number of carbonyl (C=O) groups is 1. The topological polar surface area (TPSA) is 50.4 Å². The van der Waals surface area contributed by atoms with Crippen LogP contribution in [0.15, 0.2) is 24.3 Å². The fraction of sp³-hybridized carbons (Fsp3) is 0.467. The first-order chi connectivity index (χ1) is 9.52. The molecule has 0 fully saturated rings. The summed E-state index contributed by atoms with van der Waals surface area (Å²) in [5, 5.41) is 6.79. The zero-order chi connectivity index (χ0) is 15.0. The lowest BCUT2D eigenvalue weighted by molar-refractivity contribution is 0.0378. The Labute approximate surface area is 125 Å². The third kappa shape index (κ3) is 6.02. The maximum absolute atomic E-state index is 11.7. The van der Waals surface area contributed by atoms with Gasteiger partial charge in [0.05, 0.1) is 11.7 Å². The Bertz CT molecular complexity index is 444. The molecule has 0 aliphatic heterocycles. The van der Waals surface area contributed by atoms with Gasteiger partial charge in [-0.2, -0.15) is 0 Å². The number of esters is 1. The number of rotatable bonds is 6. The van der Waals surface area contributed by atoms with Crippen molar-refractivity contribution in [3.05, 3.63) is 29.8 Å². The first-order valence-corrected chi connectivity index (χ1v) is 7.29. The predicted molar refractivity (Wildman–Crippen MR) is 86.1 cm³/mol. The first kappa shape index (κ1) is 16.4. The minimum Gasteiger partial charge on any atom is -0.459 e. The summed E-state index contributed by atoms with van der Waals surface area (Å²) in [5.41, 5.74) is 1.38. The molecule has 0 saturated carbocycles. The molecule has 0 saturated heterocycles. The smallest absolute Gasteiger partial charge is 0.338 e. The highest BCUT2D eigenvalue weighted by Crippen LogP contribution is 2.11. The maximum atomic E-state index is 11.7. The molecule has 0 unspecified atom stereocenters. The molecule has 4 nitrogen and oxygen atoms in total. The highest BCUT2D eigenvalue weighted by Gasteiger charge is 2.08. The number of anilines is 1. The van der Waals surface area contributed by atoms with Crippen LogP contribution in [0.3, 0.4) is 0 Å². The Morgan fingerprint density at radius 1 is 1.30 bits per heavy atom. The predicted octanol–water partition coefficient (Wildman–Crippen LogP) is 3.34. The molecule has 5 heteroatoms. The summed E-state index contributed by atoms with van der Waals surface area (Å²) in [4.78, 5) is 11.7. The van der Waals surface area contributed by atoms with Gasteiger partial charge in [-0.1, -0.05) is 13.3 Å². The monoisotopic (exact) mass is 294 g/mol. The second kappa shape index (κ2) is 8.53. The summed E-state index contributed by atoms with van der Waals surface area (Å²) in [6.45, 7) is 6.65. The van der Waals surface area contributed by atoms with E-state index in [2.05, 4.69) is 17.6 Å². The molecule has 0 aromatic heterocycles. The Morgan fingerprint density at radius 3 is 2.50 bits per heavy atom. The minimum absolute atomic E-state index is 0.115. The molecule has 1 aromatic carbocycles. The molecular weight excluding hydrogens is 272 g/mol. The summed E-state index contributed by atoms with van der Waals surface area (Å²) in [7, 11) is 0. The molecule has 110 valence electrons. The summed E-state index contributed by atoms with van der Waals surface area (Å²) >= 11 is 5.18. The lowest BCUT2D eigenvalue weighted by Crippen LogP contribution is -2.29. The first-order valence-electron chi connectivity index (χ1n) is 6.88. The van der Waals surface area contributed by atoms with Crippen molar-refractivity contribution in [2.24, 2.45) is 0 Å². The highest BCUT2D eigenvalue weighted by molar-refractivity contribution is 7.80. The van der Waals surface area contributed by atoms with Crippen LogP contribution in [0.25, 0.3) is 0 Å². The molecule has 0 atom stereocenters. The summed E-state index contributed by atoms with van der Waals surface area (Å²) < 4.78 is 5.13. The van der Waals surface area contributed by atoms with Gasteiger partial charge in [0.15, 0.2) is 5.11 Å². The van der Waals surface area contributed by atoms with E-state index in [4.69, 9.17) is 17.0 Å². The average Bonchev–Trinajstić information content (AvgIpc) is 2.39. The van der Waals surface area contributed by atoms with E-state index in [1.807, 2.05) is 26.0 Å². The van der Waals surface area contributed by atoms with Crippen molar-refractivity contribution >= 4 is 29.0 Å². The average molecular weight is 294 g/mol. The fourth-order valence-corrected chi connectivity index (χ4v) is 1.75. The van der Waals surface area contributed by atoms with E-state index in [9.17, 15) is 4.79 Å². The highest BCUT2D eigenvalue weighted by atomic mass is 32.1. The van der Waals surface area contributed by atoms with E-state index < -0.39 is 0 Å². The molecule has 1 rings (SSSR count). The van der Waals surface area contributed by atoms with Gasteiger partial charge in [-0.15, -0.1) is 0 Å². The molecule has 0 radical (unpaired) electrons. The van der Waals surface area contributed by atoms with Crippen LogP contribution in [-0.2, 0) is 4.74 Å². The van der Waals surface area contributed by atoms with Crippen LogP contribution in [-0.4, -0.2) is 23.7 Å². The number of carbonyl (C=O) groups excluding carboxylic acids is 1. The van der Waals surface area contributed by atoms with Crippen LogP contribution in [0.2, 0.25) is 0 Å². The quantitative estimate of drug-likeness (QED) is 0.479. The van der Waals surface area contributed by atoms with Crippen molar-refractivity contribution in [3.8, 4) is 0 Å². The normalized spacial score (nSPS) is 10.2. The second-order valence-corrected chi connectivity index (χ2v) is 5.17. The lowest BCUT2D eigenvalue weighted by Gasteiger charge is -2.11. The zero-order valence-electron chi connectivity index (χ0n) is 12.2. The lowest BCUT2D eigenvalue weighted by atomic mass is 10.2. The maximum Gasteiger partial charge on any atom is 0.338 e. The molecule has 0 aliphatic rings. The molecule has 1 aromatic rings. The molecule has 0 heterocycles. The number of hydrogen-bond donors (Lipinski definition) is 2. The van der Waals surface area contributed by atoms with Gasteiger partial charge in [0.1, 0.15) is 0 Å². The van der Waals surface area contributed by atoms with Crippen LogP contribution in [0, 0.1) is 0 Å². The largest absolute Gasteiger partial charge is 0.459 e. The van der Waals surface area contributed by atoms with Crippen LogP contribution in [0.4, 0.5) is 5.69 Å². The third-order valence-corrected chi connectivity index (χ3v) is 2.78. The Morgan fingerprint density at radius 2 is 1.95 bits per heavy atom. The molecule has 0 aliphatic carbocycles. The summed E-state index contributed by atoms with van der Waals surface area (Å²) in [5.74, 6) is -0.310. The van der Waals surface area contributed by atoms with Gasteiger partial charge < -0.3 is 15.4 Å². The fourth-order valence-electron chi connectivity index (χ4n) is 1.53. The van der Waals surface area contributed by atoms with E-state index in [1.54, 1.807) is 12.1 Å². The van der Waals surface area contributed by atoms with Crippen molar-refractivity contribution in [1.82, 2.24) is 5.32 Å². The van der Waals surface area contributed by atoms with Crippen molar-refractivity contribution in [2.75, 3.05) is 11.9 Å². The standard InChI is InChI=1S/C15H22N2O2S/c1-4-5-10-16-15(20)17-13-8-6-12(7-9-13)14(18)19-11(2)3/h6-9,11H,4-5,10H2,1-3H3,(H2,16,17,20). The number of benzene rings is 1. The van der Waals surface area contributed by atoms with Crippen LogP contribution in [0.5, 0.6) is 0 Å². The number of ether oxygens (including phenoxy) is 1. The summed E-state index contributed by atoms with van der Waals surface area (Å²) in [6.07, 6.45) is 2.10. The number of thiocarbonyl (C=S) groups is 1. The Hall–Kier alpha value is -1.62. The minimum atomic E-state index is -0.310. The van der Waals surface area contributed by atoms with Gasteiger partial charge in [-0.25, -0.2) is 4.79 Å². The number of hydrogen-bond acceptors (Lipinski definition) is 3. The molecule has 0 bridgehead atoms. The third-order valence-electron chi connectivity index (χ3n) is 2.54. The molecule has 0 spiro atoms. The van der Waals surface area contributed by atoms with Gasteiger partial charge in [0, 0.05) is 12.2 Å². The molecule has 20 heavy (non-hydrogen) atoms. The van der Waals surface area contributed by atoms with Crippen LogP contribution in [0.1, 0.15) is 44.0 Å². The van der Waals surface area contributed by atoms with Crippen LogP contribution < -0.4 is 10.6 Å². The van der Waals surface area contributed by atoms with E-state index in [0.717, 1.165) is 25.1 Å². The van der Waals surface area contributed by atoms with Gasteiger partial charge in [-0.05, 0) is 56.8 Å². The van der Waals surface area contributed by atoms with E-state index in [0.29, 0.717) is 10.7 Å². The number of nitrogens with one attached hydrogen (secondary N) is 2. The second-order valence-electron chi connectivity index (χ2n) is 4.77. The van der Waals surface area contributed by atoms with Crippen molar-refractivity contribution < 1.29 is 9.53 Å². The molecule has 0 amide bonds. The van der Waals surface area contributed by atoms with Gasteiger partial charge in [0.2, 0.25) is 0 Å². The summed E-state index contributed by atoms with van der Waals surface area (Å²) in [6, 6.07) is 7.07. The zero-order valence-corrected chi connectivity index (χ0v) is 13.0. The van der Waals surface area contributed by atoms with Crippen molar-refractivity contribution in [1.29, 1.82) is 0 Å². The van der Waals surface area contributed by atoms with Gasteiger partial charge in [-0.3, -0.25) is 0 Å². The SMILES string of the molecule is CCCCNC(=S)Nc1ccc(C(=O)OC(C)C)cc1. The number of unbranched alkanes of at least 4 members (excludes halogenated alkanes) is 1. The van der Waals surface area contributed by atoms with Crippen LogP contribution >= 0.6 is 12.2 Å². The van der Waals surface area contributed by atoms with E-state index >= 15 is 0 Å². The van der Waals surface area contributed by atoms with Crippen molar-refractivity contribution in [3.63, 3.8) is 0 Å². The Kier molecular flexibility index (Phi) is 7.01. The van der Waals surface area contributed by atoms with E-state index in [1.165, 1.54) is 0 Å². The van der Waals surface area contributed by atoms with Gasteiger partial charge >= 0.3 is 5.97 Å². The molecular formula is C15H22N2O2S. The van der Waals surface area contributed by atoms with E-state index in [-0.39, 0.29) is 12.1 Å². The Balaban J connectivity index is 2.50.